The molecule has 0 bridgehead atoms. The molecule has 0 saturated carbocycles. The molecule has 16 heavy (non-hydrogen) atoms. The van der Waals surface area contributed by atoms with E-state index in [0.717, 1.165) is 30.0 Å². The van der Waals surface area contributed by atoms with E-state index in [-0.39, 0.29) is 0 Å². The molecule has 1 aromatic heterocycles. The summed E-state index contributed by atoms with van der Waals surface area (Å²) >= 11 is 6.69. The van der Waals surface area contributed by atoms with Gasteiger partial charge in [0.1, 0.15) is 5.01 Å². The summed E-state index contributed by atoms with van der Waals surface area (Å²) in [5, 5.41) is 9.05. The second kappa shape index (κ2) is 4.73. The van der Waals surface area contributed by atoms with Gasteiger partial charge >= 0.3 is 0 Å². The van der Waals surface area contributed by atoms with Crippen LogP contribution in [0.25, 0.3) is 0 Å². The molecule has 0 aliphatic carbocycles. The number of aryl methyl sites for hydroxylation is 2. The third-order valence-electron chi connectivity index (χ3n) is 2.03. The van der Waals surface area contributed by atoms with Gasteiger partial charge < -0.3 is 5.73 Å². The zero-order chi connectivity index (χ0) is 11.7. The molecule has 0 saturated heterocycles. The summed E-state index contributed by atoms with van der Waals surface area (Å²) in [6.45, 7) is 3.95. The van der Waals surface area contributed by atoms with E-state index < -0.39 is 0 Å². The van der Waals surface area contributed by atoms with E-state index in [0.29, 0.717) is 0 Å². The molecule has 3 nitrogen and oxygen atoms in total. The van der Waals surface area contributed by atoms with Crippen molar-refractivity contribution >= 4 is 44.7 Å². The van der Waals surface area contributed by atoms with Crippen LogP contribution >= 0.6 is 39.0 Å². The van der Waals surface area contributed by atoms with Crippen molar-refractivity contribution in [3.8, 4) is 0 Å². The third kappa shape index (κ3) is 2.56. The normalized spacial score (nSPS) is 10.7. The zero-order valence-corrected chi connectivity index (χ0v) is 12.0. The van der Waals surface area contributed by atoms with Crippen molar-refractivity contribution < 1.29 is 0 Å². The number of benzene rings is 1. The highest BCUT2D eigenvalue weighted by molar-refractivity contribution is 9.10. The first-order valence-electron chi connectivity index (χ1n) is 4.60. The first-order chi connectivity index (χ1) is 7.56. The molecule has 0 spiro atoms. The Morgan fingerprint density at radius 2 is 2.06 bits per heavy atom. The summed E-state index contributed by atoms with van der Waals surface area (Å²) in [4.78, 5) is 1.11. The lowest BCUT2D eigenvalue weighted by atomic mass is 10.2. The molecule has 0 fully saturated rings. The molecule has 0 unspecified atom stereocenters. The van der Waals surface area contributed by atoms with E-state index in [1.807, 2.05) is 19.9 Å². The van der Waals surface area contributed by atoms with E-state index in [1.165, 1.54) is 0 Å². The van der Waals surface area contributed by atoms with E-state index in [2.05, 4.69) is 32.2 Å². The van der Waals surface area contributed by atoms with Gasteiger partial charge in [0, 0.05) is 15.1 Å². The van der Waals surface area contributed by atoms with Crippen LogP contribution in [0.1, 0.15) is 10.6 Å². The van der Waals surface area contributed by atoms with E-state index in [9.17, 15) is 0 Å². The van der Waals surface area contributed by atoms with Gasteiger partial charge in [-0.1, -0.05) is 23.1 Å². The van der Waals surface area contributed by atoms with Gasteiger partial charge in [0.2, 0.25) is 0 Å². The second-order valence-electron chi connectivity index (χ2n) is 3.33. The van der Waals surface area contributed by atoms with Gasteiger partial charge in [0.05, 0.1) is 0 Å². The molecule has 0 amide bonds. The third-order valence-corrected chi connectivity index (χ3v) is 4.89. The highest BCUT2D eigenvalue weighted by atomic mass is 79.9. The Morgan fingerprint density at radius 3 is 2.69 bits per heavy atom. The zero-order valence-electron chi connectivity index (χ0n) is 8.82. The number of rotatable bonds is 2. The topological polar surface area (TPSA) is 51.8 Å². The standard InChI is InChI=1S/C10H10BrN3S2/c1-5-3-9(7(11)4-8(5)12)16-10-14-13-6(2)15-10/h3-4H,12H2,1-2H3. The Morgan fingerprint density at radius 1 is 1.31 bits per heavy atom. The lowest BCUT2D eigenvalue weighted by Gasteiger charge is -2.05. The molecule has 1 heterocycles. The SMILES string of the molecule is Cc1nnc(Sc2cc(C)c(N)cc2Br)s1. The van der Waals surface area contributed by atoms with Crippen molar-refractivity contribution in [1.29, 1.82) is 0 Å². The molecule has 84 valence electrons. The van der Waals surface area contributed by atoms with Crippen LogP contribution in [-0.4, -0.2) is 10.2 Å². The maximum atomic E-state index is 5.82. The van der Waals surface area contributed by atoms with Crippen LogP contribution in [0.15, 0.2) is 25.8 Å². The predicted molar refractivity (Wildman–Crippen MR) is 72.1 cm³/mol. The summed E-state index contributed by atoms with van der Waals surface area (Å²) in [5.41, 5.74) is 7.69. The molecular formula is C10H10BrN3S2. The van der Waals surface area contributed by atoms with Gasteiger partial charge in [-0.2, -0.15) is 0 Å². The average molecular weight is 316 g/mol. The molecule has 2 rings (SSSR count). The van der Waals surface area contributed by atoms with Crippen LogP contribution in [0.5, 0.6) is 0 Å². The molecule has 2 N–H and O–H groups in total. The first-order valence-corrected chi connectivity index (χ1v) is 7.02. The van der Waals surface area contributed by atoms with Gasteiger partial charge in [-0.05, 0) is 47.5 Å². The van der Waals surface area contributed by atoms with Crippen LogP contribution < -0.4 is 5.73 Å². The van der Waals surface area contributed by atoms with Crippen molar-refractivity contribution in [2.45, 2.75) is 23.1 Å². The lowest BCUT2D eigenvalue weighted by Crippen LogP contribution is -1.90. The fourth-order valence-corrected chi connectivity index (χ4v) is 3.64. The van der Waals surface area contributed by atoms with Crippen molar-refractivity contribution in [2.75, 3.05) is 5.73 Å². The number of halogens is 1. The largest absolute Gasteiger partial charge is 0.398 e. The fourth-order valence-electron chi connectivity index (χ4n) is 1.16. The van der Waals surface area contributed by atoms with Crippen LogP contribution in [0.3, 0.4) is 0 Å². The Hall–Kier alpha value is -0.590. The number of anilines is 1. The molecule has 0 aliphatic heterocycles. The minimum Gasteiger partial charge on any atom is -0.398 e. The Labute approximate surface area is 111 Å². The average Bonchev–Trinajstić information content (AvgIpc) is 2.60. The number of nitrogen functional groups attached to an aromatic ring is 1. The Bertz CT molecular complexity index is 525. The van der Waals surface area contributed by atoms with Crippen LogP contribution in [-0.2, 0) is 0 Å². The number of nitrogens with zero attached hydrogens (tertiary/aromatic N) is 2. The molecular weight excluding hydrogens is 306 g/mol. The van der Waals surface area contributed by atoms with E-state index >= 15 is 0 Å². The highest BCUT2D eigenvalue weighted by Crippen LogP contribution is 2.36. The predicted octanol–water partition coefficient (Wildman–Crippen LogP) is 3.65. The minimum absolute atomic E-state index is 0.796. The molecule has 2 aromatic rings. The summed E-state index contributed by atoms with van der Waals surface area (Å²) in [7, 11) is 0. The van der Waals surface area contributed by atoms with Crippen molar-refractivity contribution in [1.82, 2.24) is 10.2 Å². The molecule has 0 aliphatic rings. The Balaban J connectivity index is 2.31. The summed E-state index contributed by atoms with van der Waals surface area (Å²) in [6, 6.07) is 3.98. The summed E-state index contributed by atoms with van der Waals surface area (Å²) in [5.74, 6) is 0. The summed E-state index contributed by atoms with van der Waals surface area (Å²) in [6.07, 6.45) is 0. The van der Waals surface area contributed by atoms with Gasteiger partial charge in [0.25, 0.3) is 0 Å². The quantitative estimate of drug-likeness (QED) is 0.859. The maximum Gasteiger partial charge on any atom is 0.179 e. The Kier molecular flexibility index (Phi) is 3.51. The van der Waals surface area contributed by atoms with Gasteiger partial charge in [0.15, 0.2) is 4.34 Å². The van der Waals surface area contributed by atoms with Crippen LogP contribution in [0.2, 0.25) is 0 Å². The molecule has 0 radical (unpaired) electrons. The van der Waals surface area contributed by atoms with Gasteiger partial charge in [-0.25, -0.2) is 0 Å². The number of aromatic nitrogens is 2. The second-order valence-corrected chi connectivity index (χ2v) is 6.65. The number of hydrogen-bond donors (Lipinski definition) is 1. The number of hydrogen-bond acceptors (Lipinski definition) is 5. The van der Waals surface area contributed by atoms with Crippen molar-refractivity contribution in [3.05, 3.63) is 27.2 Å². The van der Waals surface area contributed by atoms with Crippen molar-refractivity contribution in [2.24, 2.45) is 0 Å². The smallest absolute Gasteiger partial charge is 0.179 e. The van der Waals surface area contributed by atoms with Crippen LogP contribution in [0, 0.1) is 13.8 Å². The van der Waals surface area contributed by atoms with Crippen molar-refractivity contribution in [3.63, 3.8) is 0 Å². The van der Waals surface area contributed by atoms with Gasteiger partial charge in [-0.3, -0.25) is 0 Å². The van der Waals surface area contributed by atoms with Gasteiger partial charge in [-0.15, -0.1) is 10.2 Å². The maximum absolute atomic E-state index is 5.82. The molecule has 1 aromatic carbocycles. The summed E-state index contributed by atoms with van der Waals surface area (Å²) < 4.78 is 1.94. The van der Waals surface area contributed by atoms with E-state index in [4.69, 9.17) is 5.73 Å². The number of nitrogens with two attached hydrogens (primary N) is 1. The van der Waals surface area contributed by atoms with Crippen LogP contribution in [0.4, 0.5) is 5.69 Å². The molecule has 6 heteroatoms. The first kappa shape index (κ1) is 11.9. The van der Waals surface area contributed by atoms with E-state index in [1.54, 1.807) is 23.1 Å². The fraction of sp³-hybridized carbons (Fsp3) is 0.200. The highest BCUT2D eigenvalue weighted by Gasteiger charge is 2.08. The minimum atomic E-state index is 0.796. The molecule has 0 atom stereocenters. The lowest BCUT2D eigenvalue weighted by molar-refractivity contribution is 0.983. The monoisotopic (exact) mass is 315 g/mol.